The maximum Gasteiger partial charge on any atom is 0.110 e. The standard InChI is InChI=1S/C17H18ClN3/c1-21-9-10(5-6-19)7-12-11-3-2-4-14-16(11)13(8-15(12)21)17(18)20-14/h2-4,10,12,15,20H,5,7-9H2,1H3/t10-,12+,15-/m1/s1. The third-order valence-electron chi connectivity index (χ3n) is 5.26. The first kappa shape index (κ1) is 13.2. The van der Waals surface area contributed by atoms with E-state index in [1.165, 1.54) is 16.5 Å². The number of nitrogens with zero attached hydrogens (tertiary/aromatic N) is 2. The SMILES string of the molecule is CN1C[C@H](CC#N)C[C@H]2c3cccc4[nH]c(Cl)c(c34)C[C@H]21. The second-order valence-corrected chi connectivity index (χ2v) is 6.85. The van der Waals surface area contributed by atoms with Gasteiger partial charge in [0, 0.05) is 35.8 Å². The van der Waals surface area contributed by atoms with Gasteiger partial charge in [-0.1, -0.05) is 23.7 Å². The molecule has 1 N–H and O–H groups in total. The zero-order valence-corrected chi connectivity index (χ0v) is 12.8. The number of benzene rings is 1. The van der Waals surface area contributed by atoms with Crippen molar-refractivity contribution in [1.29, 1.82) is 5.26 Å². The molecule has 0 unspecified atom stereocenters. The van der Waals surface area contributed by atoms with Crippen LogP contribution in [0.4, 0.5) is 0 Å². The number of hydrogen-bond acceptors (Lipinski definition) is 2. The molecule has 0 bridgehead atoms. The Kier molecular flexibility index (Phi) is 2.99. The Bertz CT molecular complexity index is 742. The monoisotopic (exact) mass is 299 g/mol. The summed E-state index contributed by atoms with van der Waals surface area (Å²) in [7, 11) is 2.19. The number of halogens is 1. The Labute approximate surface area is 129 Å². The molecule has 0 saturated carbocycles. The molecule has 1 aromatic carbocycles. The lowest BCUT2D eigenvalue weighted by Gasteiger charge is -2.45. The first-order chi connectivity index (χ1) is 10.2. The Morgan fingerprint density at radius 1 is 1.48 bits per heavy atom. The zero-order valence-electron chi connectivity index (χ0n) is 12.1. The lowest BCUT2D eigenvalue weighted by Crippen LogP contribution is -2.47. The minimum atomic E-state index is 0.479. The largest absolute Gasteiger partial charge is 0.345 e. The van der Waals surface area contributed by atoms with Gasteiger partial charge < -0.3 is 9.88 Å². The number of likely N-dealkylation sites (N-methyl/N-ethyl adjacent to an activating group) is 1. The van der Waals surface area contributed by atoms with Gasteiger partial charge in [-0.15, -0.1) is 0 Å². The van der Waals surface area contributed by atoms with Gasteiger partial charge in [-0.05, 0) is 43.0 Å². The molecule has 0 radical (unpaired) electrons. The highest BCUT2D eigenvalue weighted by Gasteiger charge is 2.39. The average molecular weight is 300 g/mol. The number of aromatic nitrogens is 1. The molecule has 4 heteroatoms. The summed E-state index contributed by atoms with van der Waals surface area (Å²) in [6.45, 7) is 1.02. The summed E-state index contributed by atoms with van der Waals surface area (Å²) in [4.78, 5) is 5.75. The van der Waals surface area contributed by atoms with Crippen LogP contribution in [0, 0.1) is 17.2 Å². The van der Waals surface area contributed by atoms with Crippen LogP contribution >= 0.6 is 11.6 Å². The van der Waals surface area contributed by atoms with Crippen molar-refractivity contribution in [2.24, 2.45) is 5.92 Å². The molecule has 2 aliphatic rings. The Balaban J connectivity index is 1.84. The van der Waals surface area contributed by atoms with Crippen molar-refractivity contribution in [3.63, 3.8) is 0 Å². The van der Waals surface area contributed by atoms with Crippen molar-refractivity contribution in [3.05, 3.63) is 34.5 Å². The number of piperidine rings is 1. The van der Waals surface area contributed by atoms with Gasteiger partial charge in [0.2, 0.25) is 0 Å². The molecular formula is C17H18ClN3. The van der Waals surface area contributed by atoms with Crippen LogP contribution in [0.25, 0.3) is 10.9 Å². The predicted molar refractivity (Wildman–Crippen MR) is 84.5 cm³/mol. The van der Waals surface area contributed by atoms with Gasteiger partial charge in [0.05, 0.1) is 6.07 Å². The summed E-state index contributed by atoms with van der Waals surface area (Å²) in [5.41, 5.74) is 3.83. The fourth-order valence-corrected chi connectivity index (χ4v) is 4.65. The number of nitriles is 1. The van der Waals surface area contributed by atoms with Crippen LogP contribution in [0.3, 0.4) is 0 Å². The molecular weight excluding hydrogens is 282 g/mol. The molecule has 21 heavy (non-hydrogen) atoms. The first-order valence-electron chi connectivity index (χ1n) is 7.55. The number of aromatic amines is 1. The molecule has 1 saturated heterocycles. The van der Waals surface area contributed by atoms with E-state index in [1.54, 1.807) is 0 Å². The van der Waals surface area contributed by atoms with Crippen molar-refractivity contribution in [1.82, 2.24) is 9.88 Å². The van der Waals surface area contributed by atoms with Crippen LogP contribution in [0.1, 0.15) is 29.9 Å². The van der Waals surface area contributed by atoms with Crippen LogP contribution in [0.5, 0.6) is 0 Å². The Hall–Kier alpha value is -1.50. The Morgan fingerprint density at radius 3 is 3.14 bits per heavy atom. The zero-order chi connectivity index (χ0) is 14.6. The molecule has 2 aromatic rings. The van der Waals surface area contributed by atoms with E-state index in [-0.39, 0.29) is 0 Å². The Morgan fingerprint density at radius 2 is 2.33 bits per heavy atom. The van der Waals surface area contributed by atoms with Crippen LogP contribution in [0.2, 0.25) is 5.15 Å². The quantitative estimate of drug-likeness (QED) is 0.872. The summed E-state index contributed by atoms with van der Waals surface area (Å²) in [6, 6.07) is 9.32. The topological polar surface area (TPSA) is 42.8 Å². The molecule has 3 nitrogen and oxygen atoms in total. The molecule has 3 atom stereocenters. The molecule has 1 fully saturated rings. The smallest absolute Gasteiger partial charge is 0.110 e. The number of nitrogens with one attached hydrogen (secondary N) is 1. The number of H-pyrrole nitrogens is 1. The second-order valence-electron chi connectivity index (χ2n) is 6.47. The van der Waals surface area contributed by atoms with E-state index >= 15 is 0 Å². The molecule has 0 amide bonds. The highest BCUT2D eigenvalue weighted by Crippen LogP contribution is 2.46. The van der Waals surface area contributed by atoms with E-state index in [1.807, 2.05) is 0 Å². The minimum absolute atomic E-state index is 0.479. The van der Waals surface area contributed by atoms with Crippen molar-refractivity contribution >= 4 is 22.5 Å². The van der Waals surface area contributed by atoms with Crippen LogP contribution in [0.15, 0.2) is 18.2 Å². The van der Waals surface area contributed by atoms with E-state index < -0.39 is 0 Å². The summed E-state index contributed by atoms with van der Waals surface area (Å²) in [6.07, 6.45) is 2.78. The van der Waals surface area contributed by atoms with Crippen molar-refractivity contribution < 1.29 is 0 Å². The number of hydrogen-bond donors (Lipinski definition) is 1. The maximum absolute atomic E-state index is 9.02. The maximum atomic E-state index is 9.02. The number of fused-ring (bicyclic) bond motifs is 2. The van der Waals surface area contributed by atoms with Gasteiger partial charge >= 0.3 is 0 Å². The van der Waals surface area contributed by atoms with Gasteiger partial charge in [-0.3, -0.25) is 0 Å². The van der Waals surface area contributed by atoms with Gasteiger partial charge in [0.25, 0.3) is 0 Å². The number of rotatable bonds is 1. The minimum Gasteiger partial charge on any atom is -0.345 e. The summed E-state index contributed by atoms with van der Waals surface area (Å²) in [5.74, 6) is 0.998. The van der Waals surface area contributed by atoms with E-state index in [0.717, 1.165) is 30.1 Å². The van der Waals surface area contributed by atoms with Gasteiger partial charge in [0.1, 0.15) is 5.15 Å². The summed E-state index contributed by atoms with van der Waals surface area (Å²) < 4.78 is 0. The molecule has 4 rings (SSSR count). The molecule has 108 valence electrons. The highest BCUT2D eigenvalue weighted by molar-refractivity contribution is 6.32. The van der Waals surface area contributed by atoms with Gasteiger partial charge in [0.15, 0.2) is 0 Å². The average Bonchev–Trinajstić information content (AvgIpc) is 2.78. The lowest BCUT2D eigenvalue weighted by molar-refractivity contribution is 0.113. The van der Waals surface area contributed by atoms with Crippen molar-refractivity contribution in [2.75, 3.05) is 13.6 Å². The van der Waals surface area contributed by atoms with E-state index in [0.29, 0.717) is 24.3 Å². The second kappa shape index (κ2) is 4.76. The van der Waals surface area contributed by atoms with Crippen molar-refractivity contribution in [2.45, 2.75) is 31.2 Å². The predicted octanol–water partition coefficient (Wildman–Crippen LogP) is 3.69. The molecule has 1 aromatic heterocycles. The fraction of sp³-hybridized carbons (Fsp3) is 0.471. The molecule has 0 spiro atoms. The van der Waals surface area contributed by atoms with E-state index in [4.69, 9.17) is 16.9 Å². The van der Waals surface area contributed by atoms with Crippen molar-refractivity contribution in [3.8, 4) is 6.07 Å². The number of likely N-dealkylation sites (tertiary alicyclic amines) is 1. The van der Waals surface area contributed by atoms with Crippen LogP contribution in [-0.2, 0) is 6.42 Å². The lowest BCUT2D eigenvalue weighted by atomic mass is 9.72. The third-order valence-corrected chi connectivity index (χ3v) is 5.59. The van der Waals surface area contributed by atoms with E-state index in [2.05, 4.69) is 41.2 Å². The third kappa shape index (κ3) is 1.90. The summed E-state index contributed by atoms with van der Waals surface area (Å²) in [5, 5.41) is 11.1. The normalized spacial score (nSPS) is 28.3. The van der Waals surface area contributed by atoms with Gasteiger partial charge in [-0.2, -0.15) is 5.26 Å². The van der Waals surface area contributed by atoms with Crippen LogP contribution < -0.4 is 0 Å². The molecule has 2 heterocycles. The van der Waals surface area contributed by atoms with Crippen LogP contribution in [-0.4, -0.2) is 29.5 Å². The van der Waals surface area contributed by atoms with E-state index in [9.17, 15) is 0 Å². The fourth-order valence-electron chi connectivity index (χ4n) is 4.37. The molecule has 1 aliphatic carbocycles. The van der Waals surface area contributed by atoms with Gasteiger partial charge in [-0.25, -0.2) is 0 Å². The summed E-state index contributed by atoms with van der Waals surface area (Å²) >= 11 is 6.41. The highest BCUT2D eigenvalue weighted by atomic mass is 35.5. The molecule has 1 aliphatic heterocycles. The first-order valence-corrected chi connectivity index (χ1v) is 7.93.